The largest absolute Gasteiger partial charge is 0.504 e. The molecule has 8 heteroatoms. The molecule has 1 heterocycles. The lowest BCUT2D eigenvalue weighted by Gasteiger charge is -2.09. The summed E-state index contributed by atoms with van der Waals surface area (Å²) in [7, 11) is 1.61. The Balaban J connectivity index is 1.75. The van der Waals surface area contributed by atoms with Gasteiger partial charge in [0.2, 0.25) is 10.6 Å². The Kier molecular flexibility index (Phi) is 6.75. The van der Waals surface area contributed by atoms with Gasteiger partial charge in [0.25, 0.3) is 0 Å². The number of phenols is 3. The summed E-state index contributed by atoms with van der Waals surface area (Å²) in [5, 5.41) is 36.1. The van der Waals surface area contributed by atoms with Crippen molar-refractivity contribution in [2.45, 2.75) is 6.42 Å². The number of ether oxygens (including phenoxy) is 1. The van der Waals surface area contributed by atoms with Gasteiger partial charge >= 0.3 is 0 Å². The topological polar surface area (TPSA) is 99.6 Å². The first-order valence-electron chi connectivity index (χ1n) is 10.2. The van der Waals surface area contributed by atoms with E-state index in [4.69, 9.17) is 9.73 Å². The molecule has 168 valence electrons. The Labute approximate surface area is 194 Å². The highest BCUT2D eigenvalue weighted by atomic mass is 32.1. The predicted octanol–water partition coefficient (Wildman–Crippen LogP) is 4.37. The van der Waals surface area contributed by atoms with E-state index in [9.17, 15) is 15.3 Å². The van der Waals surface area contributed by atoms with Crippen LogP contribution < -0.4 is 9.54 Å². The molecule has 0 bridgehead atoms. The summed E-state index contributed by atoms with van der Waals surface area (Å²) in [6.07, 6.45) is 2.20. The zero-order valence-electron chi connectivity index (χ0n) is 17.9. The molecule has 0 aliphatic carbocycles. The van der Waals surface area contributed by atoms with Crippen LogP contribution in [0.25, 0.3) is 11.3 Å². The SMILES string of the molecule is COc1ccccc1-c1csc(=NCCc2ccccc2)n1N=Cc1ccc(O)c(O)c1O. The number of nitrogens with zero attached hydrogens (tertiary/aromatic N) is 3. The monoisotopic (exact) mass is 461 g/mol. The third kappa shape index (κ3) is 4.91. The molecule has 0 saturated heterocycles. The third-order valence-corrected chi connectivity index (χ3v) is 5.89. The second-order valence-electron chi connectivity index (χ2n) is 7.15. The van der Waals surface area contributed by atoms with E-state index in [1.165, 1.54) is 35.2 Å². The number of methoxy groups -OCH3 is 1. The summed E-state index contributed by atoms with van der Waals surface area (Å²) in [6.45, 7) is 0.580. The molecular weight excluding hydrogens is 438 g/mol. The molecule has 7 nitrogen and oxygen atoms in total. The first kappa shape index (κ1) is 22.2. The molecule has 0 atom stereocenters. The minimum absolute atomic E-state index is 0.255. The van der Waals surface area contributed by atoms with Gasteiger partial charge in [-0.3, -0.25) is 4.99 Å². The Morgan fingerprint density at radius 2 is 1.70 bits per heavy atom. The molecule has 0 aliphatic heterocycles. The molecule has 0 radical (unpaired) electrons. The van der Waals surface area contributed by atoms with Crippen molar-refractivity contribution in [3.63, 3.8) is 0 Å². The summed E-state index contributed by atoms with van der Waals surface area (Å²) >= 11 is 1.45. The average Bonchev–Trinajstić information content (AvgIpc) is 3.25. The normalized spacial score (nSPS) is 11.8. The summed E-state index contributed by atoms with van der Waals surface area (Å²) in [4.78, 5) is 5.42. The van der Waals surface area contributed by atoms with Crippen molar-refractivity contribution < 1.29 is 20.1 Å². The van der Waals surface area contributed by atoms with Crippen LogP contribution in [0.4, 0.5) is 0 Å². The molecular formula is C25H23N3O4S. The number of hydrogen-bond acceptors (Lipinski definition) is 7. The van der Waals surface area contributed by atoms with Crippen LogP contribution in [0, 0.1) is 0 Å². The molecule has 0 amide bonds. The second kappa shape index (κ2) is 10.1. The van der Waals surface area contributed by atoms with Crippen molar-refractivity contribution in [3.05, 3.63) is 88.0 Å². The van der Waals surface area contributed by atoms with Gasteiger partial charge in [0, 0.05) is 23.1 Å². The van der Waals surface area contributed by atoms with Gasteiger partial charge in [-0.05, 0) is 36.2 Å². The van der Waals surface area contributed by atoms with Gasteiger partial charge in [-0.25, -0.2) is 4.68 Å². The zero-order chi connectivity index (χ0) is 23.2. The quantitative estimate of drug-likeness (QED) is 0.281. The lowest BCUT2D eigenvalue weighted by atomic mass is 10.1. The number of aromatic hydroxyl groups is 3. The highest BCUT2D eigenvalue weighted by molar-refractivity contribution is 7.07. The minimum atomic E-state index is -0.591. The lowest BCUT2D eigenvalue weighted by molar-refractivity contribution is 0.367. The molecule has 0 aliphatic rings. The van der Waals surface area contributed by atoms with E-state index in [-0.39, 0.29) is 5.56 Å². The molecule has 1 aromatic heterocycles. The van der Waals surface area contributed by atoms with E-state index in [0.29, 0.717) is 17.1 Å². The number of para-hydroxylation sites is 1. The summed E-state index contributed by atoms with van der Waals surface area (Å²) in [6, 6.07) is 20.5. The Bertz CT molecular complexity index is 1340. The summed E-state index contributed by atoms with van der Waals surface area (Å²) in [5.74, 6) is -0.748. The van der Waals surface area contributed by atoms with Crippen LogP contribution in [0.3, 0.4) is 0 Å². The smallest absolute Gasteiger partial charge is 0.206 e. The van der Waals surface area contributed by atoms with Crippen molar-refractivity contribution in [2.75, 3.05) is 13.7 Å². The van der Waals surface area contributed by atoms with E-state index in [0.717, 1.165) is 17.7 Å². The van der Waals surface area contributed by atoms with E-state index in [1.54, 1.807) is 11.8 Å². The standard InChI is InChI=1S/C25H23N3O4S/c1-32-22-10-6-5-9-19(22)20-16-33-25(26-14-13-17-7-3-2-4-8-17)28(20)27-15-18-11-12-21(29)24(31)23(18)30/h2-12,15-16,29-31H,13-14H2,1H3. The molecule has 0 fully saturated rings. The van der Waals surface area contributed by atoms with Crippen molar-refractivity contribution in [3.8, 4) is 34.3 Å². The van der Waals surface area contributed by atoms with Crippen LogP contribution in [0.15, 0.2) is 82.2 Å². The third-order valence-electron chi connectivity index (χ3n) is 5.03. The van der Waals surface area contributed by atoms with Crippen LogP contribution in [0.1, 0.15) is 11.1 Å². The van der Waals surface area contributed by atoms with Crippen molar-refractivity contribution in [2.24, 2.45) is 10.1 Å². The first-order valence-corrected chi connectivity index (χ1v) is 11.1. The molecule has 33 heavy (non-hydrogen) atoms. The van der Waals surface area contributed by atoms with E-state index >= 15 is 0 Å². The number of aromatic nitrogens is 1. The number of thiazole rings is 1. The van der Waals surface area contributed by atoms with Crippen LogP contribution >= 0.6 is 11.3 Å². The van der Waals surface area contributed by atoms with Gasteiger partial charge in [0.1, 0.15) is 5.75 Å². The summed E-state index contributed by atoms with van der Waals surface area (Å²) < 4.78 is 7.20. The van der Waals surface area contributed by atoms with Crippen molar-refractivity contribution >= 4 is 17.6 Å². The number of benzene rings is 3. The van der Waals surface area contributed by atoms with E-state index in [2.05, 4.69) is 17.2 Å². The number of rotatable bonds is 7. The predicted molar refractivity (Wildman–Crippen MR) is 129 cm³/mol. The van der Waals surface area contributed by atoms with Crippen molar-refractivity contribution in [1.29, 1.82) is 0 Å². The van der Waals surface area contributed by atoms with Crippen LogP contribution in [-0.2, 0) is 6.42 Å². The fourth-order valence-corrected chi connectivity index (χ4v) is 4.15. The minimum Gasteiger partial charge on any atom is -0.504 e. The lowest BCUT2D eigenvalue weighted by Crippen LogP contribution is -2.13. The Morgan fingerprint density at radius 1 is 0.939 bits per heavy atom. The highest BCUT2D eigenvalue weighted by Gasteiger charge is 2.13. The molecule has 4 aromatic rings. The van der Waals surface area contributed by atoms with Crippen LogP contribution in [0.2, 0.25) is 0 Å². The molecule has 3 N–H and O–H groups in total. The fourth-order valence-electron chi connectivity index (χ4n) is 3.30. The van der Waals surface area contributed by atoms with Gasteiger partial charge in [-0.2, -0.15) is 5.10 Å². The zero-order valence-corrected chi connectivity index (χ0v) is 18.7. The van der Waals surface area contributed by atoms with Gasteiger partial charge in [0.15, 0.2) is 11.5 Å². The van der Waals surface area contributed by atoms with Crippen LogP contribution in [0.5, 0.6) is 23.0 Å². The van der Waals surface area contributed by atoms with Gasteiger partial charge < -0.3 is 20.1 Å². The maximum Gasteiger partial charge on any atom is 0.206 e. The Morgan fingerprint density at radius 3 is 2.48 bits per heavy atom. The maximum absolute atomic E-state index is 10.2. The van der Waals surface area contributed by atoms with Gasteiger partial charge in [-0.1, -0.05) is 42.5 Å². The highest BCUT2D eigenvalue weighted by Crippen LogP contribution is 2.36. The van der Waals surface area contributed by atoms with Crippen LogP contribution in [-0.4, -0.2) is 39.9 Å². The first-order chi connectivity index (χ1) is 16.1. The fraction of sp³-hybridized carbons (Fsp3) is 0.120. The van der Waals surface area contributed by atoms with Gasteiger partial charge in [-0.15, -0.1) is 11.3 Å². The van der Waals surface area contributed by atoms with E-state index in [1.807, 2.05) is 47.8 Å². The molecule has 3 aromatic carbocycles. The molecule has 4 rings (SSSR count). The van der Waals surface area contributed by atoms with E-state index < -0.39 is 17.2 Å². The number of phenolic OH excluding ortho intramolecular Hbond substituents is 3. The second-order valence-corrected chi connectivity index (χ2v) is 7.99. The van der Waals surface area contributed by atoms with Gasteiger partial charge in [0.05, 0.1) is 19.0 Å². The molecule has 0 unspecified atom stereocenters. The average molecular weight is 462 g/mol. The maximum atomic E-state index is 10.2. The molecule has 0 saturated carbocycles. The Hall–Kier alpha value is -4.04. The molecule has 0 spiro atoms. The van der Waals surface area contributed by atoms with Crippen molar-refractivity contribution in [1.82, 2.24) is 4.68 Å². The number of hydrogen-bond donors (Lipinski definition) is 3. The summed E-state index contributed by atoms with van der Waals surface area (Å²) in [5.41, 5.74) is 3.07.